The van der Waals surface area contributed by atoms with Gasteiger partial charge in [0.2, 0.25) is 5.91 Å². The van der Waals surface area contributed by atoms with E-state index in [2.05, 4.69) is 15.6 Å². The summed E-state index contributed by atoms with van der Waals surface area (Å²) in [6, 6.07) is 18.8. The van der Waals surface area contributed by atoms with E-state index in [1.807, 2.05) is 54.6 Å². The Balaban J connectivity index is 1.38. The molecule has 10 nitrogen and oxygen atoms in total. The SMILES string of the molecule is COc1ccccc1C1(O)CCN(C(=O)c2cc3c(NCCNC(C)=O)nc(-c4ccccc4)nc3[nH]2)CC1. The van der Waals surface area contributed by atoms with E-state index in [0.29, 0.717) is 73.1 Å². The number of hydrogen-bond donors (Lipinski definition) is 4. The number of rotatable bonds is 8. The van der Waals surface area contributed by atoms with Gasteiger partial charge in [0.15, 0.2) is 5.82 Å². The van der Waals surface area contributed by atoms with E-state index in [-0.39, 0.29) is 11.8 Å². The zero-order valence-corrected chi connectivity index (χ0v) is 22.0. The van der Waals surface area contributed by atoms with Crippen LogP contribution in [0.25, 0.3) is 22.4 Å². The first-order valence-electron chi connectivity index (χ1n) is 13.0. The molecule has 4 N–H and O–H groups in total. The quantitative estimate of drug-likeness (QED) is 0.258. The first-order chi connectivity index (χ1) is 18.9. The minimum absolute atomic E-state index is 0.108. The van der Waals surface area contributed by atoms with E-state index in [1.165, 1.54) is 6.92 Å². The van der Waals surface area contributed by atoms with Gasteiger partial charge in [-0.1, -0.05) is 48.5 Å². The number of aliphatic hydroxyl groups is 1. The van der Waals surface area contributed by atoms with Crippen molar-refractivity contribution in [3.63, 3.8) is 0 Å². The Kier molecular flexibility index (Phi) is 7.47. The molecule has 2 aromatic heterocycles. The number of para-hydroxylation sites is 1. The molecule has 1 saturated heterocycles. The van der Waals surface area contributed by atoms with Crippen LogP contribution in [0.5, 0.6) is 5.75 Å². The number of benzene rings is 2. The average Bonchev–Trinajstić information content (AvgIpc) is 3.40. The standard InChI is InChI=1S/C29H32N6O4/c1-19(36)30-14-15-31-26-21-18-23(32-27(21)34-25(33-26)20-8-4-3-5-9-20)28(37)35-16-12-29(38,13-17-35)22-10-6-7-11-24(22)39-2/h3-11,18,38H,12-17H2,1-2H3,(H,30,36)(H2,31,32,33,34). The lowest BCUT2D eigenvalue weighted by Crippen LogP contribution is -2.45. The summed E-state index contributed by atoms with van der Waals surface area (Å²) in [5.41, 5.74) is 1.46. The number of methoxy groups -OCH3 is 1. The fourth-order valence-electron chi connectivity index (χ4n) is 4.94. The van der Waals surface area contributed by atoms with Crippen LogP contribution in [0.15, 0.2) is 60.7 Å². The second-order valence-corrected chi connectivity index (χ2v) is 9.64. The summed E-state index contributed by atoms with van der Waals surface area (Å²) in [6.45, 7) is 3.15. The molecule has 0 unspecified atom stereocenters. The van der Waals surface area contributed by atoms with Gasteiger partial charge in [-0.3, -0.25) is 9.59 Å². The largest absolute Gasteiger partial charge is 0.496 e. The smallest absolute Gasteiger partial charge is 0.270 e. The van der Waals surface area contributed by atoms with E-state index in [9.17, 15) is 14.7 Å². The summed E-state index contributed by atoms with van der Waals surface area (Å²) >= 11 is 0. The molecule has 5 rings (SSSR count). The van der Waals surface area contributed by atoms with Crippen molar-refractivity contribution in [3.8, 4) is 17.1 Å². The lowest BCUT2D eigenvalue weighted by Gasteiger charge is -2.38. The van der Waals surface area contributed by atoms with Crippen LogP contribution in [0, 0.1) is 0 Å². The Labute approximate surface area is 226 Å². The maximum absolute atomic E-state index is 13.5. The van der Waals surface area contributed by atoms with Gasteiger partial charge in [0, 0.05) is 44.2 Å². The molecule has 202 valence electrons. The number of H-pyrrole nitrogens is 1. The Hall–Kier alpha value is -4.44. The van der Waals surface area contributed by atoms with E-state index in [0.717, 1.165) is 11.1 Å². The van der Waals surface area contributed by atoms with Gasteiger partial charge >= 0.3 is 0 Å². The van der Waals surface area contributed by atoms with E-state index in [4.69, 9.17) is 14.7 Å². The molecule has 0 spiro atoms. The van der Waals surface area contributed by atoms with Crippen LogP contribution in [0.4, 0.5) is 5.82 Å². The van der Waals surface area contributed by atoms with Crippen molar-refractivity contribution in [1.29, 1.82) is 0 Å². The minimum atomic E-state index is -1.06. The highest BCUT2D eigenvalue weighted by molar-refractivity contribution is 6.00. The number of nitrogens with zero attached hydrogens (tertiary/aromatic N) is 3. The molecule has 2 aromatic carbocycles. The number of carbonyl (C=O) groups excluding carboxylic acids is 2. The summed E-state index contributed by atoms with van der Waals surface area (Å²) in [6.07, 6.45) is 0.792. The number of ether oxygens (including phenoxy) is 1. The summed E-state index contributed by atoms with van der Waals surface area (Å²) in [7, 11) is 1.59. The van der Waals surface area contributed by atoms with Gasteiger partial charge in [-0.2, -0.15) is 0 Å². The van der Waals surface area contributed by atoms with Crippen molar-refractivity contribution < 1.29 is 19.4 Å². The minimum Gasteiger partial charge on any atom is -0.496 e. The second kappa shape index (κ2) is 11.1. The third-order valence-corrected chi connectivity index (χ3v) is 7.03. The van der Waals surface area contributed by atoms with Gasteiger partial charge in [0.25, 0.3) is 5.91 Å². The predicted molar refractivity (Wildman–Crippen MR) is 149 cm³/mol. The number of likely N-dealkylation sites (tertiary alicyclic amines) is 1. The molecule has 1 fully saturated rings. The molecule has 1 aliphatic rings. The molecule has 4 aromatic rings. The fraction of sp³-hybridized carbons (Fsp3) is 0.310. The molecule has 39 heavy (non-hydrogen) atoms. The van der Waals surface area contributed by atoms with Crippen molar-refractivity contribution in [2.24, 2.45) is 0 Å². The number of anilines is 1. The molecule has 2 amide bonds. The molecule has 0 radical (unpaired) electrons. The van der Waals surface area contributed by atoms with Gasteiger partial charge in [-0.05, 0) is 25.0 Å². The average molecular weight is 529 g/mol. The number of hydrogen-bond acceptors (Lipinski definition) is 7. The Morgan fingerprint density at radius 3 is 2.49 bits per heavy atom. The number of aromatic nitrogens is 3. The van der Waals surface area contributed by atoms with Gasteiger partial charge in [-0.25, -0.2) is 9.97 Å². The number of nitrogens with one attached hydrogen (secondary N) is 3. The van der Waals surface area contributed by atoms with E-state index >= 15 is 0 Å². The zero-order chi connectivity index (χ0) is 27.4. The number of piperidine rings is 1. The molecule has 0 saturated carbocycles. The predicted octanol–water partition coefficient (Wildman–Crippen LogP) is 3.31. The zero-order valence-electron chi connectivity index (χ0n) is 22.0. The maximum Gasteiger partial charge on any atom is 0.270 e. The Morgan fingerprint density at radius 2 is 1.77 bits per heavy atom. The summed E-state index contributed by atoms with van der Waals surface area (Å²) in [5.74, 6) is 1.46. The van der Waals surface area contributed by atoms with Crippen LogP contribution in [0.2, 0.25) is 0 Å². The molecule has 0 aliphatic carbocycles. The van der Waals surface area contributed by atoms with Crippen molar-refractivity contribution in [3.05, 3.63) is 71.9 Å². The van der Waals surface area contributed by atoms with Crippen LogP contribution in [-0.2, 0) is 10.4 Å². The van der Waals surface area contributed by atoms with Gasteiger partial charge < -0.3 is 30.4 Å². The van der Waals surface area contributed by atoms with E-state index < -0.39 is 5.60 Å². The van der Waals surface area contributed by atoms with Crippen LogP contribution in [0.3, 0.4) is 0 Å². The molecule has 10 heteroatoms. The van der Waals surface area contributed by atoms with Crippen LogP contribution in [-0.4, -0.2) is 70.1 Å². The van der Waals surface area contributed by atoms with Crippen molar-refractivity contribution in [1.82, 2.24) is 25.2 Å². The molecular weight excluding hydrogens is 496 g/mol. The number of amides is 2. The highest BCUT2D eigenvalue weighted by Gasteiger charge is 2.38. The highest BCUT2D eigenvalue weighted by atomic mass is 16.5. The third-order valence-electron chi connectivity index (χ3n) is 7.03. The maximum atomic E-state index is 13.5. The van der Waals surface area contributed by atoms with Crippen molar-refractivity contribution >= 4 is 28.7 Å². The van der Waals surface area contributed by atoms with Crippen LogP contribution >= 0.6 is 0 Å². The monoisotopic (exact) mass is 528 g/mol. The van der Waals surface area contributed by atoms with Gasteiger partial charge in [0.1, 0.15) is 22.9 Å². The fourth-order valence-corrected chi connectivity index (χ4v) is 4.94. The lowest BCUT2D eigenvalue weighted by molar-refractivity contribution is -0.118. The van der Waals surface area contributed by atoms with Crippen LogP contribution < -0.4 is 15.4 Å². The van der Waals surface area contributed by atoms with Gasteiger partial charge in [0.05, 0.1) is 18.1 Å². The summed E-state index contributed by atoms with van der Waals surface area (Å²) in [4.78, 5) is 39.1. The summed E-state index contributed by atoms with van der Waals surface area (Å²) < 4.78 is 5.46. The Morgan fingerprint density at radius 1 is 1.05 bits per heavy atom. The van der Waals surface area contributed by atoms with Crippen LogP contribution in [0.1, 0.15) is 35.8 Å². The first kappa shape index (κ1) is 26.2. The number of aromatic amines is 1. The van der Waals surface area contributed by atoms with Gasteiger partial charge in [-0.15, -0.1) is 0 Å². The number of carbonyl (C=O) groups is 2. The second-order valence-electron chi connectivity index (χ2n) is 9.64. The van der Waals surface area contributed by atoms with E-state index in [1.54, 1.807) is 18.1 Å². The molecule has 0 bridgehead atoms. The Bertz CT molecular complexity index is 1480. The molecule has 3 heterocycles. The topological polar surface area (TPSA) is 132 Å². The number of fused-ring (bicyclic) bond motifs is 1. The van der Waals surface area contributed by atoms with Crippen molar-refractivity contribution in [2.45, 2.75) is 25.4 Å². The molecular formula is C29H32N6O4. The first-order valence-corrected chi connectivity index (χ1v) is 13.0. The highest BCUT2D eigenvalue weighted by Crippen LogP contribution is 2.38. The third kappa shape index (κ3) is 5.56. The lowest BCUT2D eigenvalue weighted by atomic mass is 9.84. The molecule has 1 aliphatic heterocycles. The van der Waals surface area contributed by atoms with Crippen molar-refractivity contribution in [2.75, 3.05) is 38.6 Å². The summed E-state index contributed by atoms with van der Waals surface area (Å²) in [5, 5.41) is 18.1. The normalized spacial score (nSPS) is 14.7. The molecule has 0 atom stereocenters.